The molecular formula is C15H20ClNO. The Balaban J connectivity index is 1.93. The molecule has 1 aliphatic rings. The summed E-state index contributed by atoms with van der Waals surface area (Å²) >= 11 is 6.22. The van der Waals surface area contributed by atoms with Crippen LogP contribution in [-0.4, -0.2) is 11.9 Å². The van der Waals surface area contributed by atoms with Gasteiger partial charge in [0.25, 0.3) is 0 Å². The minimum Gasteiger partial charge on any atom is -0.352 e. The normalized spacial score (nSPS) is 18.3. The molecule has 0 bridgehead atoms. The molecule has 1 amide bonds. The fraction of sp³-hybridized carbons (Fsp3) is 0.533. The van der Waals surface area contributed by atoms with Gasteiger partial charge in [0, 0.05) is 6.04 Å². The SMILES string of the molecule is Cc1ccc(C(Cl)C(=O)NC2CCCCC2)cc1. The highest BCUT2D eigenvalue weighted by Gasteiger charge is 2.21. The minimum absolute atomic E-state index is 0.0626. The molecule has 1 N–H and O–H groups in total. The van der Waals surface area contributed by atoms with E-state index in [0.717, 1.165) is 18.4 Å². The highest BCUT2D eigenvalue weighted by Crippen LogP contribution is 2.23. The summed E-state index contributed by atoms with van der Waals surface area (Å²) in [6, 6.07) is 8.14. The lowest BCUT2D eigenvalue weighted by Crippen LogP contribution is -2.38. The van der Waals surface area contributed by atoms with Gasteiger partial charge in [0.2, 0.25) is 5.91 Å². The third-order valence-electron chi connectivity index (χ3n) is 3.55. The summed E-state index contributed by atoms with van der Waals surface area (Å²) in [6.45, 7) is 2.02. The molecule has 1 saturated carbocycles. The van der Waals surface area contributed by atoms with Crippen molar-refractivity contribution in [1.29, 1.82) is 0 Å². The molecule has 1 aromatic rings. The van der Waals surface area contributed by atoms with E-state index < -0.39 is 5.38 Å². The van der Waals surface area contributed by atoms with Crippen LogP contribution in [-0.2, 0) is 4.79 Å². The Bertz CT molecular complexity index is 395. The second kappa shape index (κ2) is 6.24. The topological polar surface area (TPSA) is 29.1 Å². The highest BCUT2D eigenvalue weighted by molar-refractivity contribution is 6.30. The van der Waals surface area contributed by atoms with Crippen LogP contribution in [0.25, 0.3) is 0 Å². The Morgan fingerprint density at radius 3 is 2.44 bits per heavy atom. The molecule has 1 aliphatic carbocycles. The van der Waals surface area contributed by atoms with E-state index in [1.165, 1.54) is 24.8 Å². The lowest BCUT2D eigenvalue weighted by atomic mass is 9.95. The molecule has 1 unspecified atom stereocenters. The molecule has 0 spiro atoms. The summed E-state index contributed by atoms with van der Waals surface area (Å²) in [7, 11) is 0. The number of halogens is 1. The molecule has 1 atom stereocenters. The number of hydrogen-bond donors (Lipinski definition) is 1. The van der Waals surface area contributed by atoms with E-state index in [-0.39, 0.29) is 5.91 Å². The Kier molecular flexibility index (Phi) is 4.65. The van der Waals surface area contributed by atoms with Crippen molar-refractivity contribution in [2.24, 2.45) is 0 Å². The molecule has 0 saturated heterocycles. The Morgan fingerprint density at radius 1 is 1.22 bits per heavy atom. The molecule has 0 heterocycles. The van der Waals surface area contributed by atoms with Crippen molar-refractivity contribution in [1.82, 2.24) is 5.32 Å². The van der Waals surface area contributed by atoms with Crippen LogP contribution in [0, 0.1) is 6.92 Å². The van der Waals surface area contributed by atoms with Crippen molar-refractivity contribution in [2.75, 3.05) is 0 Å². The molecule has 2 nitrogen and oxygen atoms in total. The standard InChI is InChI=1S/C15H20ClNO/c1-11-7-9-12(10-8-11)14(16)15(18)17-13-5-3-2-4-6-13/h7-10,13-14H,2-6H2,1H3,(H,17,18). The maximum atomic E-state index is 12.1. The Morgan fingerprint density at radius 2 is 1.83 bits per heavy atom. The van der Waals surface area contributed by atoms with Crippen LogP contribution < -0.4 is 5.32 Å². The van der Waals surface area contributed by atoms with Gasteiger partial charge in [0.05, 0.1) is 0 Å². The molecule has 0 radical (unpaired) electrons. The Hall–Kier alpha value is -1.02. The number of aryl methyl sites for hydroxylation is 1. The fourth-order valence-corrected chi connectivity index (χ4v) is 2.62. The van der Waals surface area contributed by atoms with Gasteiger partial charge in [-0.15, -0.1) is 11.6 Å². The molecule has 1 fully saturated rings. The zero-order valence-electron chi connectivity index (χ0n) is 10.8. The summed E-state index contributed by atoms with van der Waals surface area (Å²) in [5, 5.41) is 2.48. The predicted octanol–water partition coefficient (Wildman–Crippen LogP) is 3.72. The number of rotatable bonds is 3. The van der Waals surface area contributed by atoms with Gasteiger partial charge in [-0.05, 0) is 25.3 Å². The summed E-state index contributed by atoms with van der Waals surface area (Å²) in [5.74, 6) is -0.0626. The molecule has 98 valence electrons. The smallest absolute Gasteiger partial charge is 0.242 e. The maximum absolute atomic E-state index is 12.1. The van der Waals surface area contributed by atoms with Crippen LogP contribution in [0.2, 0.25) is 0 Å². The number of carbonyl (C=O) groups excluding carboxylic acids is 1. The lowest BCUT2D eigenvalue weighted by Gasteiger charge is -2.24. The van der Waals surface area contributed by atoms with E-state index in [0.29, 0.717) is 6.04 Å². The van der Waals surface area contributed by atoms with Crippen LogP contribution in [0.15, 0.2) is 24.3 Å². The molecule has 2 rings (SSSR count). The van der Waals surface area contributed by atoms with Crippen LogP contribution in [0.4, 0.5) is 0 Å². The number of nitrogens with one attached hydrogen (secondary N) is 1. The molecule has 0 aliphatic heterocycles. The zero-order valence-corrected chi connectivity index (χ0v) is 11.5. The monoisotopic (exact) mass is 265 g/mol. The number of hydrogen-bond acceptors (Lipinski definition) is 1. The van der Waals surface area contributed by atoms with E-state index in [2.05, 4.69) is 5.32 Å². The fourth-order valence-electron chi connectivity index (χ4n) is 2.41. The number of carbonyl (C=O) groups is 1. The second-order valence-electron chi connectivity index (χ2n) is 5.12. The predicted molar refractivity (Wildman–Crippen MR) is 74.8 cm³/mol. The highest BCUT2D eigenvalue weighted by atomic mass is 35.5. The zero-order chi connectivity index (χ0) is 13.0. The van der Waals surface area contributed by atoms with Crippen molar-refractivity contribution < 1.29 is 4.79 Å². The lowest BCUT2D eigenvalue weighted by molar-refractivity contribution is -0.121. The van der Waals surface area contributed by atoms with Crippen molar-refractivity contribution in [2.45, 2.75) is 50.4 Å². The third-order valence-corrected chi connectivity index (χ3v) is 4.00. The van der Waals surface area contributed by atoms with Crippen LogP contribution in [0.1, 0.15) is 48.6 Å². The van der Waals surface area contributed by atoms with Gasteiger partial charge < -0.3 is 5.32 Å². The molecule has 1 aromatic carbocycles. The molecule has 0 aromatic heterocycles. The van der Waals surface area contributed by atoms with Crippen molar-refractivity contribution in [3.63, 3.8) is 0 Å². The van der Waals surface area contributed by atoms with E-state index in [1.54, 1.807) is 0 Å². The van der Waals surface area contributed by atoms with Gasteiger partial charge in [0.15, 0.2) is 0 Å². The van der Waals surface area contributed by atoms with Gasteiger partial charge in [-0.2, -0.15) is 0 Å². The number of benzene rings is 1. The Labute approximate surface area is 114 Å². The summed E-state index contributed by atoms with van der Waals surface area (Å²) in [6.07, 6.45) is 5.88. The first-order chi connectivity index (χ1) is 8.66. The summed E-state index contributed by atoms with van der Waals surface area (Å²) < 4.78 is 0. The van der Waals surface area contributed by atoms with Crippen molar-refractivity contribution in [3.8, 4) is 0 Å². The van der Waals surface area contributed by atoms with Crippen molar-refractivity contribution in [3.05, 3.63) is 35.4 Å². The molecule has 18 heavy (non-hydrogen) atoms. The minimum atomic E-state index is -0.576. The van der Waals surface area contributed by atoms with Crippen LogP contribution in [0.3, 0.4) is 0 Å². The van der Waals surface area contributed by atoms with Gasteiger partial charge in [-0.3, -0.25) is 4.79 Å². The largest absolute Gasteiger partial charge is 0.352 e. The number of amides is 1. The number of alkyl halides is 1. The molecular weight excluding hydrogens is 246 g/mol. The van der Waals surface area contributed by atoms with Crippen LogP contribution >= 0.6 is 11.6 Å². The average Bonchev–Trinajstić information content (AvgIpc) is 2.40. The second-order valence-corrected chi connectivity index (χ2v) is 5.55. The maximum Gasteiger partial charge on any atom is 0.242 e. The average molecular weight is 266 g/mol. The molecule has 3 heteroatoms. The third kappa shape index (κ3) is 3.49. The first kappa shape index (κ1) is 13.4. The first-order valence-electron chi connectivity index (χ1n) is 6.68. The van der Waals surface area contributed by atoms with Gasteiger partial charge in [0.1, 0.15) is 5.38 Å². The van der Waals surface area contributed by atoms with Gasteiger partial charge in [-0.1, -0.05) is 49.1 Å². The van der Waals surface area contributed by atoms with E-state index in [1.807, 2.05) is 31.2 Å². The van der Waals surface area contributed by atoms with Gasteiger partial charge in [-0.25, -0.2) is 0 Å². The van der Waals surface area contributed by atoms with E-state index in [4.69, 9.17) is 11.6 Å². The van der Waals surface area contributed by atoms with Crippen LogP contribution in [0.5, 0.6) is 0 Å². The first-order valence-corrected chi connectivity index (χ1v) is 7.11. The van der Waals surface area contributed by atoms with Gasteiger partial charge >= 0.3 is 0 Å². The van der Waals surface area contributed by atoms with E-state index in [9.17, 15) is 4.79 Å². The quantitative estimate of drug-likeness (QED) is 0.829. The summed E-state index contributed by atoms with van der Waals surface area (Å²) in [4.78, 5) is 12.1. The van der Waals surface area contributed by atoms with E-state index >= 15 is 0 Å². The summed E-state index contributed by atoms with van der Waals surface area (Å²) in [5.41, 5.74) is 2.05. The van der Waals surface area contributed by atoms with Crippen molar-refractivity contribution >= 4 is 17.5 Å².